The fourth-order valence-corrected chi connectivity index (χ4v) is 1.68. The van der Waals surface area contributed by atoms with Crippen molar-refractivity contribution >= 4 is 18.3 Å². The van der Waals surface area contributed by atoms with Crippen LogP contribution in [0.15, 0.2) is 54.6 Å². The fourth-order valence-electron chi connectivity index (χ4n) is 1.68. The van der Waals surface area contributed by atoms with Gasteiger partial charge in [-0.05, 0) is 35.9 Å². The highest BCUT2D eigenvalue weighted by molar-refractivity contribution is 5.89. The molecule has 106 valence electrons. The van der Waals surface area contributed by atoms with E-state index in [0.717, 1.165) is 11.3 Å². The standard InChI is InChI=1S/C17H14O4/c1-20-15-8-5-13(6-9-15)7-10-17(19)21-16-4-2-3-14(11-16)12-18/h2-12H,1H3/b10-7+. The van der Waals surface area contributed by atoms with E-state index in [-0.39, 0.29) is 0 Å². The quantitative estimate of drug-likeness (QED) is 0.366. The third-order valence-corrected chi connectivity index (χ3v) is 2.74. The first-order valence-corrected chi connectivity index (χ1v) is 6.30. The fraction of sp³-hybridized carbons (Fsp3) is 0.0588. The average Bonchev–Trinajstić information content (AvgIpc) is 2.53. The molecule has 0 aliphatic rings. The van der Waals surface area contributed by atoms with Gasteiger partial charge in [0.15, 0.2) is 0 Å². The summed E-state index contributed by atoms with van der Waals surface area (Å²) in [6.07, 6.45) is 3.67. The SMILES string of the molecule is COc1ccc(/C=C/C(=O)Oc2cccc(C=O)c2)cc1. The lowest BCUT2D eigenvalue weighted by Crippen LogP contribution is -2.03. The Morgan fingerprint density at radius 3 is 2.43 bits per heavy atom. The summed E-state index contributed by atoms with van der Waals surface area (Å²) >= 11 is 0. The second-order valence-electron chi connectivity index (χ2n) is 4.22. The zero-order valence-electron chi connectivity index (χ0n) is 11.5. The van der Waals surface area contributed by atoms with Gasteiger partial charge in [-0.1, -0.05) is 24.3 Å². The van der Waals surface area contributed by atoms with Crippen LogP contribution in [-0.4, -0.2) is 19.4 Å². The molecule has 2 aromatic rings. The van der Waals surface area contributed by atoms with E-state index in [2.05, 4.69) is 0 Å². The molecule has 0 spiro atoms. The number of carbonyl (C=O) groups is 2. The highest BCUT2D eigenvalue weighted by Crippen LogP contribution is 2.14. The van der Waals surface area contributed by atoms with Crippen molar-refractivity contribution in [3.05, 3.63) is 65.7 Å². The van der Waals surface area contributed by atoms with Gasteiger partial charge >= 0.3 is 5.97 Å². The van der Waals surface area contributed by atoms with Gasteiger partial charge in [-0.3, -0.25) is 4.79 Å². The Labute approximate surface area is 122 Å². The molecule has 0 saturated carbocycles. The van der Waals surface area contributed by atoms with Crippen molar-refractivity contribution in [3.63, 3.8) is 0 Å². The number of hydrogen-bond acceptors (Lipinski definition) is 4. The second-order valence-corrected chi connectivity index (χ2v) is 4.22. The summed E-state index contributed by atoms with van der Waals surface area (Å²) in [5.74, 6) is 0.582. The van der Waals surface area contributed by atoms with Gasteiger partial charge in [0.25, 0.3) is 0 Å². The molecule has 0 fully saturated rings. The Balaban J connectivity index is 1.99. The van der Waals surface area contributed by atoms with Gasteiger partial charge in [0, 0.05) is 11.6 Å². The van der Waals surface area contributed by atoms with Gasteiger partial charge < -0.3 is 9.47 Å². The van der Waals surface area contributed by atoms with Crippen molar-refractivity contribution in [3.8, 4) is 11.5 Å². The number of ether oxygens (including phenoxy) is 2. The van der Waals surface area contributed by atoms with E-state index in [1.165, 1.54) is 12.1 Å². The molecule has 0 aromatic heterocycles. The second kappa shape index (κ2) is 7.05. The zero-order chi connectivity index (χ0) is 15.1. The maximum absolute atomic E-state index is 11.7. The van der Waals surface area contributed by atoms with Crippen LogP contribution in [0.3, 0.4) is 0 Å². The number of carbonyl (C=O) groups excluding carboxylic acids is 2. The van der Waals surface area contributed by atoms with E-state index in [9.17, 15) is 9.59 Å². The number of esters is 1. The van der Waals surface area contributed by atoms with Crippen LogP contribution in [0.1, 0.15) is 15.9 Å². The molecular formula is C17H14O4. The van der Waals surface area contributed by atoms with E-state index < -0.39 is 5.97 Å². The smallest absolute Gasteiger partial charge is 0.336 e. The normalized spacial score (nSPS) is 10.3. The first-order chi connectivity index (χ1) is 10.2. The van der Waals surface area contributed by atoms with Crippen LogP contribution < -0.4 is 9.47 Å². The summed E-state index contributed by atoms with van der Waals surface area (Å²) in [6, 6.07) is 13.7. The zero-order valence-corrected chi connectivity index (χ0v) is 11.5. The number of methoxy groups -OCH3 is 1. The monoisotopic (exact) mass is 282 g/mol. The van der Waals surface area contributed by atoms with Gasteiger partial charge in [0.2, 0.25) is 0 Å². The number of rotatable bonds is 5. The Hall–Kier alpha value is -2.88. The summed E-state index contributed by atoms with van der Waals surface area (Å²) in [5, 5.41) is 0. The molecule has 4 nitrogen and oxygen atoms in total. The molecule has 0 aliphatic heterocycles. The number of aldehydes is 1. The van der Waals surface area contributed by atoms with Crippen molar-refractivity contribution in [2.24, 2.45) is 0 Å². The largest absolute Gasteiger partial charge is 0.497 e. The third-order valence-electron chi connectivity index (χ3n) is 2.74. The lowest BCUT2D eigenvalue weighted by molar-refractivity contribution is -0.128. The van der Waals surface area contributed by atoms with Crippen molar-refractivity contribution in [2.45, 2.75) is 0 Å². The first kappa shape index (κ1) is 14.5. The molecule has 0 N–H and O–H groups in total. The third kappa shape index (κ3) is 4.31. The maximum Gasteiger partial charge on any atom is 0.336 e. The van der Waals surface area contributed by atoms with E-state index >= 15 is 0 Å². The minimum atomic E-state index is -0.506. The molecule has 0 heterocycles. The molecule has 21 heavy (non-hydrogen) atoms. The van der Waals surface area contributed by atoms with Crippen LogP contribution in [0.25, 0.3) is 6.08 Å². The molecule has 0 unspecified atom stereocenters. The van der Waals surface area contributed by atoms with Gasteiger partial charge in [-0.25, -0.2) is 4.79 Å². The van der Waals surface area contributed by atoms with Crippen LogP contribution >= 0.6 is 0 Å². The first-order valence-electron chi connectivity index (χ1n) is 6.30. The Bertz CT molecular complexity index is 657. The van der Waals surface area contributed by atoms with Crippen LogP contribution in [0.2, 0.25) is 0 Å². The molecule has 0 aliphatic carbocycles. The van der Waals surface area contributed by atoms with E-state index in [1.54, 1.807) is 43.5 Å². The summed E-state index contributed by atoms with van der Waals surface area (Å²) < 4.78 is 10.2. The summed E-state index contributed by atoms with van der Waals surface area (Å²) in [4.78, 5) is 22.3. The molecule has 0 radical (unpaired) electrons. The molecule has 2 rings (SSSR count). The van der Waals surface area contributed by atoms with Crippen LogP contribution in [0, 0.1) is 0 Å². The summed E-state index contributed by atoms with van der Waals surface area (Å²) in [7, 11) is 1.59. The minimum absolute atomic E-state index is 0.337. The predicted octanol–water partition coefficient (Wildman–Crippen LogP) is 3.13. The van der Waals surface area contributed by atoms with E-state index in [1.807, 2.05) is 12.1 Å². The molecule has 0 atom stereocenters. The molecule has 0 saturated heterocycles. The van der Waals surface area contributed by atoms with Crippen LogP contribution in [-0.2, 0) is 4.79 Å². The predicted molar refractivity (Wildman–Crippen MR) is 79.5 cm³/mol. The lowest BCUT2D eigenvalue weighted by atomic mass is 10.2. The molecule has 0 bridgehead atoms. The highest BCUT2D eigenvalue weighted by Gasteiger charge is 2.01. The number of hydrogen-bond donors (Lipinski definition) is 0. The van der Waals surface area contributed by atoms with E-state index in [0.29, 0.717) is 17.6 Å². The number of benzene rings is 2. The molecule has 4 heteroatoms. The van der Waals surface area contributed by atoms with Gasteiger partial charge in [0.1, 0.15) is 17.8 Å². The van der Waals surface area contributed by atoms with E-state index in [4.69, 9.17) is 9.47 Å². The van der Waals surface area contributed by atoms with Crippen molar-refractivity contribution in [2.75, 3.05) is 7.11 Å². The molecule has 2 aromatic carbocycles. The Morgan fingerprint density at radius 1 is 1.00 bits per heavy atom. The minimum Gasteiger partial charge on any atom is -0.497 e. The Kier molecular flexibility index (Phi) is 4.88. The highest BCUT2D eigenvalue weighted by atomic mass is 16.5. The van der Waals surface area contributed by atoms with Gasteiger partial charge in [-0.2, -0.15) is 0 Å². The Morgan fingerprint density at radius 2 is 1.76 bits per heavy atom. The molecule has 0 amide bonds. The van der Waals surface area contributed by atoms with Gasteiger partial charge in [-0.15, -0.1) is 0 Å². The van der Waals surface area contributed by atoms with Gasteiger partial charge in [0.05, 0.1) is 7.11 Å². The average molecular weight is 282 g/mol. The van der Waals surface area contributed by atoms with Crippen LogP contribution in [0.5, 0.6) is 11.5 Å². The summed E-state index contributed by atoms with van der Waals surface area (Å²) in [5.41, 5.74) is 1.31. The van der Waals surface area contributed by atoms with Crippen molar-refractivity contribution in [1.82, 2.24) is 0 Å². The maximum atomic E-state index is 11.7. The van der Waals surface area contributed by atoms with Crippen molar-refractivity contribution in [1.29, 1.82) is 0 Å². The topological polar surface area (TPSA) is 52.6 Å². The van der Waals surface area contributed by atoms with Crippen LogP contribution in [0.4, 0.5) is 0 Å². The van der Waals surface area contributed by atoms with Crippen molar-refractivity contribution < 1.29 is 19.1 Å². The molecular weight excluding hydrogens is 268 g/mol. The lowest BCUT2D eigenvalue weighted by Gasteiger charge is -2.02. The summed E-state index contributed by atoms with van der Waals surface area (Å²) in [6.45, 7) is 0.